The molecule has 0 radical (unpaired) electrons. The van der Waals surface area contributed by atoms with Gasteiger partial charge in [-0.3, -0.25) is 14.8 Å². The van der Waals surface area contributed by atoms with Gasteiger partial charge in [-0.2, -0.15) is 0 Å². The van der Waals surface area contributed by atoms with Gasteiger partial charge < -0.3 is 5.32 Å². The minimum Gasteiger partial charge on any atom is -0.348 e. The molecule has 0 atom stereocenters. The Kier molecular flexibility index (Phi) is 4.72. The standard InChI is InChI=1S/C19H15FN2O3/c20-17-7-1-12(2-8-17)11-21-18(23)15-5-3-14-10-16(19(24)22-25)6-4-13(14)9-15/h1-10,25H,11H2,(H,21,23)(H,22,24). The summed E-state index contributed by atoms with van der Waals surface area (Å²) in [7, 11) is 0. The van der Waals surface area contributed by atoms with Crippen molar-refractivity contribution in [3.05, 3.63) is 83.2 Å². The molecule has 0 spiro atoms. The van der Waals surface area contributed by atoms with Crippen LogP contribution in [0.3, 0.4) is 0 Å². The molecule has 6 heteroatoms. The van der Waals surface area contributed by atoms with Crippen molar-refractivity contribution >= 4 is 22.6 Å². The monoisotopic (exact) mass is 338 g/mol. The van der Waals surface area contributed by atoms with Crippen molar-refractivity contribution in [1.29, 1.82) is 0 Å². The van der Waals surface area contributed by atoms with Gasteiger partial charge in [-0.25, -0.2) is 9.87 Å². The molecule has 25 heavy (non-hydrogen) atoms. The van der Waals surface area contributed by atoms with Crippen molar-refractivity contribution in [2.75, 3.05) is 0 Å². The van der Waals surface area contributed by atoms with Crippen molar-refractivity contribution < 1.29 is 19.2 Å². The molecule has 0 bridgehead atoms. The fourth-order valence-corrected chi connectivity index (χ4v) is 2.48. The number of amides is 2. The summed E-state index contributed by atoms with van der Waals surface area (Å²) in [5, 5.41) is 13.0. The molecular weight excluding hydrogens is 323 g/mol. The lowest BCUT2D eigenvalue weighted by Crippen LogP contribution is -2.22. The summed E-state index contributed by atoms with van der Waals surface area (Å²) in [6.45, 7) is 0.298. The van der Waals surface area contributed by atoms with E-state index in [0.29, 0.717) is 17.7 Å². The molecule has 5 nitrogen and oxygen atoms in total. The zero-order valence-corrected chi connectivity index (χ0v) is 13.1. The third-order valence-corrected chi connectivity index (χ3v) is 3.83. The highest BCUT2D eigenvalue weighted by atomic mass is 19.1. The lowest BCUT2D eigenvalue weighted by Gasteiger charge is -2.07. The minimum absolute atomic E-state index is 0.247. The normalized spacial score (nSPS) is 10.5. The van der Waals surface area contributed by atoms with E-state index in [1.807, 2.05) is 0 Å². The van der Waals surface area contributed by atoms with E-state index in [-0.39, 0.29) is 11.7 Å². The van der Waals surface area contributed by atoms with Gasteiger partial charge in [0.25, 0.3) is 11.8 Å². The third kappa shape index (κ3) is 3.81. The van der Waals surface area contributed by atoms with Crippen LogP contribution in [0.1, 0.15) is 26.3 Å². The first kappa shape index (κ1) is 16.6. The number of hydrogen-bond donors (Lipinski definition) is 3. The minimum atomic E-state index is -0.594. The molecule has 0 unspecified atom stereocenters. The lowest BCUT2D eigenvalue weighted by molar-refractivity contribution is 0.0706. The summed E-state index contributed by atoms with van der Waals surface area (Å²) in [5.74, 6) is -1.16. The second-order valence-corrected chi connectivity index (χ2v) is 5.53. The Bertz CT molecular complexity index is 939. The third-order valence-electron chi connectivity index (χ3n) is 3.83. The maximum absolute atomic E-state index is 12.9. The molecule has 3 aromatic rings. The van der Waals surface area contributed by atoms with Crippen molar-refractivity contribution in [3.63, 3.8) is 0 Å². The number of halogens is 1. The van der Waals surface area contributed by atoms with Crippen molar-refractivity contribution in [2.24, 2.45) is 0 Å². The zero-order chi connectivity index (χ0) is 17.8. The summed E-state index contributed by atoms with van der Waals surface area (Å²) in [6, 6.07) is 15.9. The molecule has 0 heterocycles. The largest absolute Gasteiger partial charge is 0.348 e. The van der Waals surface area contributed by atoms with Gasteiger partial charge in [-0.1, -0.05) is 24.3 Å². The molecule has 0 aromatic heterocycles. The number of benzene rings is 3. The highest BCUT2D eigenvalue weighted by Gasteiger charge is 2.09. The molecule has 3 rings (SSSR count). The zero-order valence-electron chi connectivity index (χ0n) is 13.1. The lowest BCUT2D eigenvalue weighted by atomic mass is 10.0. The molecule has 0 saturated heterocycles. The van der Waals surface area contributed by atoms with Crippen LogP contribution in [0.4, 0.5) is 4.39 Å². The highest BCUT2D eigenvalue weighted by molar-refractivity contribution is 6.01. The molecule has 0 aliphatic carbocycles. The average Bonchev–Trinajstić information content (AvgIpc) is 2.65. The van der Waals surface area contributed by atoms with Gasteiger partial charge in [0.15, 0.2) is 0 Å². The second-order valence-electron chi connectivity index (χ2n) is 5.53. The number of nitrogens with one attached hydrogen (secondary N) is 2. The van der Waals surface area contributed by atoms with E-state index in [0.717, 1.165) is 16.3 Å². The number of carbonyl (C=O) groups is 2. The fourth-order valence-electron chi connectivity index (χ4n) is 2.48. The van der Waals surface area contributed by atoms with Crippen LogP contribution in [-0.4, -0.2) is 17.0 Å². The van der Waals surface area contributed by atoms with Gasteiger partial charge in [-0.05, 0) is 52.7 Å². The Balaban J connectivity index is 1.75. The second kappa shape index (κ2) is 7.11. The Morgan fingerprint density at radius 2 is 1.40 bits per heavy atom. The maximum atomic E-state index is 12.9. The Labute approximate surface area is 143 Å². The highest BCUT2D eigenvalue weighted by Crippen LogP contribution is 2.18. The Morgan fingerprint density at radius 3 is 1.96 bits per heavy atom. The maximum Gasteiger partial charge on any atom is 0.274 e. The number of fused-ring (bicyclic) bond motifs is 1. The summed E-state index contributed by atoms with van der Waals surface area (Å²) in [4.78, 5) is 23.7. The molecule has 0 aliphatic rings. The van der Waals surface area contributed by atoms with E-state index < -0.39 is 5.91 Å². The van der Waals surface area contributed by atoms with E-state index in [1.54, 1.807) is 54.0 Å². The Morgan fingerprint density at radius 1 is 0.840 bits per heavy atom. The molecular formula is C19H15FN2O3. The predicted octanol–water partition coefficient (Wildman–Crippen LogP) is 3.03. The van der Waals surface area contributed by atoms with Gasteiger partial charge in [0.2, 0.25) is 0 Å². The van der Waals surface area contributed by atoms with Crippen LogP contribution < -0.4 is 10.8 Å². The smallest absolute Gasteiger partial charge is 0.274 e. The molecule has 0 fully saturated rings. The van der Waals surface area contributed by atoms with Crippen LogP contribution in [0.5, 0.6) is 0 Å². The number of rotatable bonds is 4. The quantitative estimate of drug-likeness (QED) is 0.505. The van der Waals surface area contributed by atoms with Crippen molar-refractivity contribution in [1.82, 2.24) is 10.8 Å². The first-order valence-electron chi connectivity index (χ1n) is 7.58. The van der Waals surface area contributed by atoms with Crippen LogP contribution in [0.15, 0.2) is 60.7 Å². The molecule has 126 valence electrons. The molecule has 0 saturated carbocycles. The summed E-state index contributed by atoms with van der Waals surface area (Å²) in [6.07, 6.45) is 0. The predicted molar refractivity (Wildman–Crippen MR) is 90.8 cm³/mol. The van der Waals surface area contributed by atoms with Crippen LogP contribution >= 0.6 is 0 Å². The summed E-state index contributed by atoms with van der Waals surface area (Å²) >= 11 is 0. The van der Waals surface area contributed by atoms with Crippen LogP contribution in [0.25, 0.3) is 10.8 Å². The number of carbonyl (C=O) groups excluding carboxylic acids is 2. The van der Waals surface area contributed by atoms with E-state index in [9.17, 15) is 14.0 Å². The molecule has 3 N–H and O–H groups in total. The molecule has 2 amide bonds. The van der Waals surface area contributed by atoms with Gasteiger partial charge >= 0.3 is 0 Å². The summed E-state index contributed by atoms with van der Waals surface area (Å²) < 4.78 is 12.9. The SMILES string of the molecule is O=C(NO)c1ccc2cc(C(=O)NCc3ccc(F)cc3)ccc2c1. The van der Waals surface area contributed by atoms with Crippen LogP contribution in [0, 0.1) is 5.82 Å². The van der Waals surface area contributed by atoms with Gasteiger partial charge in [-0.15, -0.1) is 0 Å². The number of hydrogen-bond acceptors (Lipinski definition) is 3. The van der Waals surface area contributed by atoms with Gasteiger partial charge in [0.05, 0.1) is 0 Å². The van der Waals surface area contributed by atoms with E-state index in [2.05, 4.69) is 5.32 Å². The molecule has 3 aromatic carbocycles. The Hall–Kier alpha value is -3.25. The van der Waals surface area contributed by atoms with Crippen LogP contribution in [0.2, 0.25) is 0 Å². The first-order chi connectivity index (χ1) is 12.1. The van der Waals surface area contributed by atoms with E-state index in [4.69, 9.17) is 5.21 Å². The van der Waals surface area contributed by atoms with E-state index in [1.165, 1.54) is 12.1 Å². The molecule has 0 aliphatic heterocycles. The average molecular weight is 338 g/mol. The number of hydroxylamine groups is 1. The van der Waals surface area contributed by atoms with Gasteiger partial charge in [0.1, 0.15) is 5.82 Å². The van der Waals surface area contributed by atoms with E-state index >= 15 is 0 Å². The summed E-state index contributed by atoms with van der Waals surface area (Å²) in [5.41, 5.74) is 3.19. The van der Waals surface area contributed by atoms with Crippen molar-refractivity contribution in [3.8, 4) is 0 Å². The van der Waals surface area contributed by atoms with Crippen molar-refractivity contribution in [2.45, 2.75) is 6.54 Å². The first-order valence-corrected chi connectivity index (χ1v) is 7.58. The topological polar surface area (TPSA) is 78.4 Å². The fraction of sp³-hybridized carbons (Fsp3) is 0.0526. The van der Waals surface area contributed by atoms with Gasteiger partial charge in [0, 0.05) is 17.7 Å². The van der Waals surface area contributed by atoms with Crippen LogP contribution in [-0.2, 0) is 6.54 Å².